The van der Waals surface area contributed by atoms with Gasteiger partial charge in [-0.2, -0.15) is 0 Å². The Morgan fingerprint density at radius 2 is 1.93 bits per heavy atom. The summed E-state index contributed by atoms with van der Waals surface area (Å²) in [5, 5.41) is 9.13. The Hall–Kier alpha value is -2.96. The van der Waals surface area contributed by atoms with E-state index in [0.29, 0.717) is 12.4 Å². The number of ether oxygens (including phenoxy) is 2. The van der Waals surface area contributed by atoms with Crippen LogP contribution in [0.2, 0.25) is 0 Å². The van der Waals surface area contributed by atoms with Gasteiger partial charge in [0.1, 0.15) is 5.82 Å². The first-order valence-corrected chi connectivity index (χ1v) is 9.42. The topological polar surface area (TPSA) is 84.5 Å². The Bertz CT molecular complexity index is 788. The lowest BCUT2D eigenvalue weighted by atomic mass is 9.96. The van der Waals surface area contributed by atoms with E-state index in [-0.39, 0.29) is 18.9 Å². The highest BCUT2D eigenvalue weighted by molar-refractivity contribution is 5.88. The molecule has 3 N–H and O–H groups in total. The van der Waals surface area contributed by atoms with E-state index in [9.17, 15) is 4.79 Å². The molecule has 1 aromatic heterocycles. The number of urea groups is 1. The molecule has 0 unspecified atom stereocenters. The number of hydrogen-bond acceptors (Lipinski definition) is 5. The first kappa shape index (κ1) is 17.5. The second-order valence-corrected chi connectivity index (χ2v) is 6.91. The van der Waals surface area contributed by atoms with Crippen molar-refractivity contribution in [1.29, 1.82) is 0 Å². The van der Waals surface area contributed by atoms with E-state index < -0.39 is 0 Å². The number of pyridine rings is 1. The van der Waals surface area contributed by atoms with E-state index in [4.69, 9.17) is 9.47 Å². The fraction of sp³-hybridized carbons (Fsp3) is 0.400. The number of carbonyl (C=O) groups is 1. The minimum Gasteiger partial charge on any atom is -0.454 e. The van der Waals surface area contributed by atoms with Crippen molar-refractivity contribution >= 4 is 17.5 Å². The lowest BCUT2D eigenvalue weighted by Gasteiger charge is -2.22. The van der Waals surface area contributed by atoms with Crippen molar-refractivity contribution in [3.63, 3.8) is 0 Å². The van der Waals surface area contributed by atoms with Crippen LogP contribution < -0.4 is 25.4 Å². The van der Waals surface area contributed by atoms with Crippen molar-refractivity contribution in [1.82, 2.24) is 10.3 Å². The zero-order valence-electron chi connectivity index (χ0n) is 15.2. The molecule has 2 aliphatic rings. The Morgan fingerprint density at radius 3 is 2.74 bits per heavy atom. The summed E-state index contributed by atoms with van der Waals surface area (Å²) >= 11 is 0. The smallest absolute Gasteiger partial charge is 0.320 e. The standard InChI is InChI=1S/C20H24N4O3/c25-20(23-15-4-2-1-3-5-15)24-19-9-7-16(12-22-19)21-11-14-6-8-17-18(10-14)27-13-26-17/h6-10,12,15,21H,1-5,11,13H2,(H2,22,23,24,25). The van der Waals surface area contributed by atoms with Crippen LogP contribution in [0, 0.1) is 0 Å². The highest BCUT2D eigenvalue weighted by atomic mass is 16.7. The van der Waals surface area contributed by atoms with Gasteiger partial charge in [-0.3, -0.25) is 5.32 Å². The third-order valence-corrected chi connectivity index (χ3v) is 4.88. The van der Waals surface area contributed by atoms with Crippen molar-refractivity contribution in [2.45, 2.75) is 44.7 Å². The SMILES string of the molecule is O=C(Nc1ccc(NCc2ccc3c(c2)OCO3)cn1)NC1CCCCC1. The van der Waals surface area contributed by atoms with Crippen LogP contribution in [0.1, 0.15) is 37.7 Å². The van der Waals surface area contributed by atoms with Crippen LogP contribution in [0.5, 0.6) is 11.5 Å². The molecule has 1 aliphatic heterocycles. The van der Waals surface area contributed by atoms with Gasteiger partial charge in [-0.1, -0.05) is 25.3 Å². The van der Waals surface area contributed by atoms with Gasteiger partial charge in [-0.05, 0) is 42.7 Å². The van der Waals surface area contributed by atoms with Gasteiger partial charge in [0, 0.05) is 12.6 Å². The molecule has 0 atom stereocenters. The number of fused-ring (bicyclic) bond motifs is 1. The van der Waals surface area contributed by atoms with Gasteiger partial charge in [0.25, 0.3) is 0 Å². The highest BCUT2D eigenvalue weighted by Crippen LogP contribution is 2.32. The normalized spacial score (nSPS) is 16.0. The first-order valence-electron chi connectivity index (χ1n) is 9.42. The largest absolute Gasteiger partial charge is 0.454 e. The van der Waals surface area contributed by atoms with E-state index >= 15 is 0 Å². The molecule has 1 saturated carbocycles. The molecule has 7 heteroatoms. The number of carbonyl (C=O) groups excluding carboxylic acids is 1. The molecular weight excluding hydrogens is 344 g/mol. The van der Waals surface area contributed by atoms with Gasteiger partial charge in [-0.25, -0.2) is 9.78 Å². The molecule has 2 amide bonds. The van der Waals surface area contributed by atoms with E-state index in [0.717, 1.165) is 35.6 Å². The molecule has 1 aliphatic carbocycles. The van der Waals surface area contributed by atoms with Crippen LogP contribution in [-0.4, -0.2) is 23.8 Å². The molecule has 0 spiro atoms. The van der Waals surface area contributed by atoms with E-state index in [1.54, 1.807) is 12.3 Å². The average molecular weight is 368 g/mol. The van der Waals surface area contributed by atoms with Crippen molar-refractivity contribution < 1.29 is 14.3 Å². The van der Waals surface area contributed by atoms with Crippen molar-refractivity contribution in [2.24, 2.45) is 0 Å². The van der Waals surface area contributed by atoms with Crippen LogP contribution in [-0.2, 0) is 6.54 Å². The maximum Gasteiger partial charge on any atom is 0.320 e. The number of nitrogens with zero attached hydrogens (tertiary/aromatic N) is 1. The Balaban J connectivity index is 1.26. The quantitative estimate of drug-likeness (QED) is 0.746. The predicted molar refractivity (Wildman–Crippen MR) is 103 cm³/mol. The Labute approximate surface area is 158 Å². The average Bonchev–Trinajstić information content (AvgIpc) is 3.16. The fourth-order valence-electron chi connectivity index (χ4n) is 3.41. The predicted octanol–water partition coefficient (Wildman–Crippen LogP) is 3.88. The number of amides is 2. The third-order valence-electron chi connectivity index (χ3n) is 4.88. The van der Waals surface area contributed by atoms with Crippen LogP contribution in [0.3, 0.4) is 0 Å². The summed E-state index contributed by atoms with van der Waals surface area (Å²) in [6.45, 7) is 0.923. The molecular formula is C20H24N4O3. The summed E-state index contributed by atoms with van der Waals surface area (Å²) in [6, 6.07) is 9.67. The number of anilines is 2. The van der Waals surface area contributed by atoms with Crippen LogP contribution in [0.4, 0.5) is 16.3 Å². The number of aromatic nitrogens is 1. The second kappa shape index (κ2) is 8.16. The fourth-order valence-corrected chi connectivity index (χ4v) is 3.41. The van der Waals surface area contributed by atoms with E-state index in [1.807, 2.05) is 24.3 Å². The summed E-state index contributed by atoms with van der Waals surface area (Å²) in [5.41, 5.74) is 1.97. The van der Waals surface area contributed by atoms with Gasteiger partial charge in [0.05, 0.1) is 11.9 Å². The lowest BCUT2D eigenvalue weighted by Crippen LogP contribution is -2.39. The first-order chi connectivity index (χ1) is 13.3. The summed E-state index contributed by atoms with van der Waals surface area (Å²) in [7, 11) is 0. The van der Waals surface area contributed by atoms with Crippen LogP contribution in [0.25, 0.3) is 0 Å². The highest BCUT2D eigenvalue weighted by Gasteiger charge is 2.16. The second-order valence-electron chi connectivity index (χ2n) is 6.91. The molecule has 142 valence electrons. The van der Waals surface area contributed by atoms with Crippen molar-refractivity contribution in [3.05, 3.63) is 42.1 Å². The molecule has 27 heavy (non-hydrogen) atoms. The number of rotatable bonds is 5. The molecule has 2 heterocycles. The Kier molecular flexibility index (Phi) is 5.27. The molecule has 7 nitrogen and oxygen atoms in total. The molecule has 0 saturated heterocycles. The summed E-state index contributed by atoms with van der Waals surface area (Å²) in [4.78, 5) is 16.4. The van der Waals surface area contributed by atoms with Crippen molar-refractivity contribution in [3.8, 4) is 11.5 Å². The summed E-state index contributed by atoms with van der Waals surface area (Å²) in [5.74, 6) is 2.09. The number of benzene rings is 1. The summed E-state index contributed by atoms with van der Waals surface area (Å²) in [6.07, 6.45) is 7.47. The molecule has 0 bridgehead atoms. The van der Waals surface area contributed by atoms with E-state index in [2.05, 4.69) is 20.9 Å². The number of nitrogens with one attached hydrogen (secondary N) is 3. The van der Waals surface area contributed by atoms with Crippen LogP contribution >= 0.6 is 0 Å². The maximum absolute atomic E-state index is 12.1. The minimum atomic E-state index is -0.185. The molecule has 1 fully saturated rings. The Morgan fingerprint density at radius 1 is 1.07 bits per heavy atom. The lowest BCUT2D eigenvalue weighted by molar-refractivity contribution is 0.174. The zero-order valence-corrected chi connectivity index (χ0v) is 15.2. The maximum atomic E-state index is 12.1. The van der Waals surface area contributed by atoms with Gasteiger partial charge in [0.2, 0.25) is 6.79 Å². The summed E-state index contributed by atoms with van der Waals surface area (Å²) < 4.78 is 10.7. The molecule has 2 aromatic rings. The van der Waals surface area contributed by atoms with Crippen molar-refractivity contribution in [2.75, 3.05) is 17.4 Å². The van der Waals surface area contributed by atoms with Gasteiger partial charge < -0.3 is 20.1 Å². The van der Waals surface area contributed by atoms with Crippen LogP contribution in [0.15, 0.2) is 36.5 Å². The zero-order chi connectivity index (χ0) is 18.5. The number of hydrogen-bond donors (Lipinski definition) is 3. The van der Waals surface area contributed by atoms with Gasteiger partial charge in [-0.15, -0.1) is 0 Å². The molecule has 1 aromatic carbocycles. The molecule has 4 rings (SSSR count). The van der Waals surface area contributed by atoms with Gasteiger partial charge >= 0.3 is 6.03 Å². The third kappa shape index (κ3) is 4.61. The molecule has 0 radical (unpaired) electrons. The minimum absolute atomic E-state index is 0.185. The monoisotopic (exact) mass is 368 g/mol. The van der Waals surface area contributed by atoms with Gasteiger partial charge in [0.15, 0.2) is 11.5 Å². The van der Waals surface area contributed by atoms with E-state index in [1.165, 1.54) is 19.3 Å².